The van der Waals surface area contributed by atoms with Gasteiger partial charge in [-0.1, -0.05) is 81.2 Å². The van der Waals surface area contributed by atoms with Crippen LogP contribution in [0.2, 0.25) is 0 Å². The van der Waals surface area contributed by atoms with E-state index in [1.165, 1.54) is 34.7 Å². The van der Waals surface area contributed by atoms with Crippen LogP contribution in [0, 0.1) is 0 Å². The molecule has 0 saturated heterocycles. The summed E-state index contributed by atoms with van der Waals surface area (Å²) in [5.74, 6) is -1.06. The topological polar surface area (TPSA) is 87.0 Å². The minimum absolute atomic E-state index is 0.0232. The monoisotopic (exact) mass is 530 g/mol. The van der Waals surface area contributed by atoms with Crippen molar-refractivity contribution in [2.45, 2.75) is 39.2 Å². The summed E-state index contributed by atoms with van der Waals surface area (Å²) >= 11 is 1.26. The number of hydrogen-bond donors (Lipinski definition) is 0. The molecule has 0 saturated carbocycles. The maximum atomic E-state index is 13.8. The number of nitrogens with zero attached hydrogens (tertiary/aromatic N) is 2. The lowest BCUT2D eigenvalue weighted by atomic mass is 9.87. The number of methoxy groups -OCH3 is 1. The summed E-state index contributed by atoms with van der Waals surface area (Å²) in [6.07, 6.45) is 3.32. The van der Waals surface area contributed by atoms with Gasteiger partial charge in [0.25, 0.3) is 5.56 Å². The Morgan fingerprint density at radius 1 is 1.08 bits per heavy atom. The van der Waals surface area contributed by atoms with Crippen LogP contribution in [0.5, 0.6) is 0 Å². The molecule has 2 aromatic carbocycles. The predicted octanol–water partition coefficient (Wildman–Crippen LogP) is 4.05. The minimum Gasteiger partial charge on any atom is -0.465 e. The maximum Gasteiger partial charge on any atom is 0.338 e. The number of esters is 2. The van der Waals surface area contributed by atoms with Gasteiger partial charge in [0.15, 0.2) is 4.80 Å². The standard InChI is InChI=1S/C30H30N2O5S/c1-7-16-37-28(35)24-18(2)31-29-32(25(24)20-10-12-21(13-11-20)27(34)36-6)26(33)23(38-29)17-19-8-14-22(15-9-19)30(3,4)5/h7-15,17,25H,1,16H2,2-6H3. The normalized spacial score (nSPS) is 15.5. The Balaban J connectivity index is 1.87. The molecule has 0 N–H and O–H groups in total. The van der Waals surface area contributed by atoms with E-state index in [1.807, 2.05) is 18.2 Å². The Morgan fingerprint density at radius 3 is 2.32 bits per heavy atom. The lowest BCUT2D eigenvalue weighted by Gasteiger charge is -2.24. The van der Waals surface area contributed by atoms with E-state index in [4.69, 9.17) is 9.47 Å². The van der Waals surface area contributed by atoms with Crippen LogP contribution in [0.4, 0.5) is 0 Å². The van der Waals surface area contributed by atoms with Crippen LogP contribution in [0.3, 0.4) is 0 Å². The number of thiazole rings is 1. The molecule has 0 amide bonds. The Bertz CT molecular complexity index is 1600. The zero-order valence-corrected chi connectivity index (χ0v) is 22.9. The highest BCUT2D eigenvalue weighted by molar-refractivity contribution is 7.07. The lowest BCUT2D eigenvalue weighted by Crippen LogP contribution is -2.40. The number of carbonyl (C=O) groups is 2. The van der Waals surface area contributed by atoms with Crippen LogP contribution in [0.15, 0.2) is 82.2 Å². The second-order valence-corrected chi connectivity index (χ2v) is 11.0. The predicted molar refractivity (Wildman–Crippen MR) is 148 cm³/mol. The highest BCUT2D eigenvalue weighted by atomic mass is 32.1. The van der Waals surface area contributed by atoms with E-state index in [-0.39, 0.29) is 23.2 Å². The smallest absolute Gasteiger partial charge is 0.338 e. The first-order chi connectivity index (χ1) is 18.0. The molecule has 38 heavy (non-hydrogen) atoms. The summed E-state index contributed by atoms with van der Waals surface area (Å²) < 4.78 is 12.2. The van der Waals surface area contributed by atoms with Gasteiger partial charge in [0.1, 0.15) is 6.61 Å². The third-order valence-corrected chi connectivity index (χ3v) is 7.28. The molecule has 4 rings (SSSR count). The van der Waals surface area contributed by atoms with Gasteiger partial charge in [-0.25, -0.2) is 14.6 Å². The Kier molecular flexibility index (Phi) is 7.64. The number of fused-ring (bicyclic) bond motifs is 1. The number of rotatable bonds is 6. The number of carbonyl (C=O) groups excluding carboxylic acids is 2. The Morgan fingerprint density at radius 2 is 1.74 bits per heavy atom. The third kappa shape index (κ3) is 5.31. The second kappa shape index (κ2) is 10.8. The fourth-order valence-electron chi connectivity index (χ4n) is 4.26. The highest BCUT2D eigenvalue weighted by Crippen LogP contribution is 2.31. The van der Waals surface area contributed by atoms with Crippen molar-refractivity contribution in [1.29, 1.82) is 0 Å². The maximum absolute atomic E-state index is 13.8. The first kappa shape index (κ1) is 27.0. The molecule has 0 spiro atoms. The van der Waals surface area contributed by atoms with E-state index in [0.717, 1.165) is 5.56 Å². The Hall–Kier alpha value is -4.04. The van der Waals surface area contributed by atoms with Crippen LogP contribution in [0.1, 0.15) is 60.8 Å². The summed E-state index contributed by atoms with van der Waals surface area (Å²) in [7, 11) is 1.31. The largest absolute Gasteiger partial charge is 0.465 e. The van der Waals surface area contributed by atoms with Crippen molar-refractivity contribution >= 4 is 29.4 Å². The molecule has 0 fully saturated rings. The number of hydrogen-bond acceptors (Lipinski definition) is 7. The number of aromatic nitrogens is 1. The van der Waals surface area contributed by atoms with Crippen molar-refractivity contribution in [3.63, 3.8) is 0 Å². The number of ether oxygens (including phenoxy) is 2. The van der Waals surface area contributed by atoms with E-state index in [0.29, 0.717) is 26.2 Å². The van der Waals surface area contributed by atoms with E-state index < -0.39 is 18.0 Å². The first-order valence-corrected chi connectivity index (χ1v) is 13.0. The van der Waals surface area contributed by atoms with Gasteiger partial charge in [0.05, 0.1) is 34.5 Å². The fraction of sp³-hybridized carbons (Fsp3) is 0.267. The molecule has 0 radical (unpaired) electrons. The van der Waals surface area contributed by atoms with Crippen molar-refractivity contribution in [2.75, 3.05) is 13.7 Å². The average Bonchev–Trinajstić information content (AvgIpc) is 3.19. The number of benzene rings is 2. The summed E-state index contributed by atoms with van der Waals surface area (Å²) in [6, 6.07) is 14.0. The fourth-order valence-corrected chi connectivity index (χ4v) is 5.31. The van der Waals surface area contributed by atoms with Crippen molar-refractivity contribution in [3.8, 4) is 0 Å². The molecule has 1 aliphatic rings. The molecule has 0 bridgehead atoms. The number of allylic oxidation sites excluding steroid dienone is 1. The zero-order valence-electron chi connectivity index (χ0n) is 22.1. The molecular weight excluding hydrogens is 500 g/mol. The van der Waals surface area contributed by atoms with Gasteiger partial charge in [0, 0.05) is 0 Å². The molecule has 1 atom stereocenters. The average molecular weight is 531 g/mol. The Labute approximate surface area is 225 Å². The molecule has 1 aliphatic heterocycles. The molecule has 2 heterocycles. The van der Waals surface area contributed by atoms with Crippen LogP contribution in [-0.4, -0.2) is 30.2 Å². The summed E-state index contributed by atoms with van der Waals surface area (Å²) in [6.45, 7) is 11.8. The van der Waals surface area contributed by atoms with E-state index in [2.05, 4.69) is 44.5 Å². The molecule has 3 aromatic rings. The third-order valence-electron chi connectivity index (χ3n) is 6.30. The van der Waals surface area contributed by atoms with Crippen molar-refractivity contribution in [1.82, 2.24) is 4.57 Å². The van der Waals surface area contributed by atoms with Crippen molar-refractivity contribution in [3.05, 3.63) is 114 Å². The molecule has 0 aliphatic carbocycles. The van der Waals surface area contributed by atoms with E-state index in [9.17, 15) is 14.4 Å². The first-order valence-electron chi connectivity index (χ1n) is 12.1. The van der Waals surface area contributed by atoms with Gasteiger partial charge in [-0.15, -0.1) is 0 Å². The summed E-state index contributed by atoms with van der Waals surface area (Å²) in [5, 5.41) is 0. The lowest BCUT2D eigenvalue weighted by molar-refractivity contribution is -0.138. The SMILES string of the molecule is C=CCOC(=O)C1=C(C)N=c2sc(=Cc3ccc(C(C)(C)C)cc3)c(=O)n2C1c1ccc(C(=O)OC)cc1. The highest BCUT2D eigenvalue weighted by Gasteiger charge is 2.33. The van der Waals surface area contributed by atoms with Gasteiger partial charge in [-0.05, 0) is 47.2 Å². The van der Waals surface area contributed by atoms with Crippen LogP contribution < -0.4 is 14.9 Å². The molecule has 8 heteroatoms. The molecule has 196 valence electrons. The van der Waals surface area contributed by atoms with E-state index >= 15 is 0 Å². The van der Waals surface area contributed by atoms with Crippen LogP contribution in [0.25, 0.3) is 6.08 Å². The van der Waals surface area contributed by atoms with Crippen molar-refractivity contribution in [2.24, 2.45) is 4.99 Å². The van der Waals surface area contributed by atoms with Gasteiger partial charge in [-0.2, -0.15) is 0 Å². The molecule has 1 aromatic heterocycles. The zero-order chi connectivity index (χ0) is 27.6. The van der Waals surface area contributed by atoms with E-state index in [1.54, 1.807) is 31.2 Å². The quantitative estimate of drug-likeness (QED) is 0.355. The van der Waals surface area contributed by atoms with Crippen LogP contribution >= 0.6 is 11.3 Å². The summed E-state index contributed by atoms with van der Waals surface area (Å²) in [4.78, 5) is 43.9. The van der Waals surface area contributed by atoms with Gasteiger partial charge in [0.2, 0.25) is 0 Å². The van der Waals surface area contributed by atoms with Gasteiger partial charge < -0.3 is 9.47 Å². The summed E-state index contributed by atoms with van der Waals surface area (Å²) in [5.41, 5.74) is 3.56. The second-order valence-electron chi connectivity index (χ2n) is 9.95. The molecule has 7 nitrogen and oxygen atoms in total. The van der Waals surface area contributed by atoms with Gasteiger partial charge in [-0.3, -0.25) is 9.36 Å². The van der Waals surface area contributed by atoms with Crippen molar-refractivity contribution < 1.29 is 19.1 Å². The molecule has 1 unspecified atom stereocenters. The minimum atomic E-state index is -0.777. The molecular formula is C30H30N2O5S. The van der Waals surface area contributed by atoms with Crippen LogP contribution in [-0.2, 0) is 19.7 Å². The van der Waals surface area contributed by atoms with Gasteiger partial charge >= 0.3 is 11.9 Å².